The van der Waals surface area contributed by atoms with E-state index in [1.165, 1.54) is 12.1 Å². The Labute approximate surface area is 115 Å². The molecule has 1 rings (SSSR count). The molecule has 0 heterocycles. The molecule has 0 saturated heterocycles. The fourth-order valence-corrected chi connectivity index (χ4v) is 1.61. The second-order valence-corrected chi connectivity index (χ2v) is 4.17. The van der Waals surface area contributed by atoms with Crippen LogP contribution >= 0.6 is 11.6 Å². The van der Waals surface area contributed by atoms with E-state index in [0.717, 1.165) is 14.2 Å². The van der Waals surface area contributed by atoms with E-state index >= 15 is 0 Å². The molecule has 19 heavy (non-hydrogen) atoms. The summed E-state index contributed by atoms with van der Waals surface area (Å²) in [5.41, 5.74) is 0.363. The van der Waals surface area contributed by atoms with Gasteiger partial charge in [0.25, 0.3) is 0 Å². The lowest BCUT2D eigenvalue weighted by atomic mass is 9.98. The lowest BCUT2D eigenvalue weighted by Crippen LogP contribution is -2.28. The van der Waals surface area contributed by atoms with Gasteiger partial charge in [0, 0.05) is 17.0 Å². The molecule has 0 N–H and O–H groups in total. The summed E-state index contributed by atoms with van der Waals surface area (Å²) in [5, 5.41) is 0.494. The van der Waals surface area contributed by atoms with Crippen molar-refractivity contribution in [3.63, 3.8) is 0 Å². The molecular formula is C13H13ClO5. The molecule has 0 fully saturated rings. The third-order valence-corrected chi connectivity index (χ3v) is 2.78. The van der Waals surface area contributed by atoms with Crippen LogP contribution in [0.2, 0.25) is 5.02 Å². The Hall–Kier alpha value is -1.88. The number of ketones is 1. The summed E-state index contributed by atoms with van der Waals surface area (Å²) in [6, 6.07) is 6.16. The van der Waals surface area contributed by atoms with Gasteiger partial charge in [-0.2, -0.15) is 0 Å². The molecule has 6 heteroatoms. The van der Waals surface area contributed by atoms with Gasteiger partial charge >= 0.3 is 11.9 Å². The van der Waals surface area contributed by atoms with Crippen LogP contribution in [0.25, 0.3) is 0 Å². The van der Waals surface area contributed by atoms with Crippen molar-refractivity contribution in [1.82, 2.24) is 0 Å². The molecule has 0 atom stereocenters. The predicted octanol–water partition coefficient (Wildman–Crippen LogP) is 1.88. The Balaban J connectivity index is 2.84. The molecular weight excluding hydrogens is 272 g/mol. The topological polar surface area (TPSA) is 69.7 Å². The fourth-order valence-electron chi connectivity index (χ4n) is 1.49. The third kappa shape index (κ3) is 4.06. The molecule has 0 aliphatic heterocycles. The standard InChI is InChI=1S/C13H13ClO5/c1-18-12(16)10(13(17)19-2)7-11(15)8-3-5-9(14)6-4-8/h3-6,10H,7H2,1-2H3. The smallest absolute Gasteiger partial charge is 0.320 e. The van der Waals surface area contributed by atoms with Crippen molar-refractivity contribution in [3.8, 4) is 0 Å². The summed E-state index contributed by atoms with van der Waals surface area (Å²) in [6.45, 7) is 0. The molecule has 0 spiro atoms. The van der Waals surface area contributed by atoms with Gasteiger partial charge in [-0.3, -0.25) is 14.4 Å². The Kier molecular flexibility index (Phi) is 5.51. The number of carbonyl (C=O) groups is 3. The van der Waals surface area contributed by atoms with Crippen molar-refractivity contribution in [2.24, 2.45) is 5.92 Å². The van der Waals surface area contributed by atoms with Crippen molar-refractivity contribution in [3.05, 3.63) is 34.9 Å². The molecule has 5 nitrogen and oxygen atoms in total. The number of benzene rings is 1. The molecule has 1 aromatic rings. The minimum atomic E-state index is -1.25. The second kappa shape index (κ2) is 6.89. The first-order valence-corrected chi connectivity index (χ1v) is 5.81. The van der Waals surface area contributed by atoms with Crippen molar-refractivity contribution in [1.29, 1.82) is 0 Å². The summed E-state index contributed by atoms with van der Waals surface area (Å²) in [4.78, 5) is 34.8. The van der Waals surface area contributed by atoms with Gasteiger partial charge in [-0.05, 0) is 24.3 Å². The van der Waals surface area contributed by atoms with Crippen LogP contribution < -0.4 is 0 Å². The third-order valence-electron chi connectivity index (χ3n) is 2.53. The van der Waals surface area contributed by atoms with Crippen LogP contribution in [0.5, 0.6) is 0 Å². The van der Waals surface area contributed by atoms with Crippen LogP contribution in [-0.2, 0) is 19.1 Å². The molecule has 0 aromatic heterocycles. The van der Waals surface area contributed by atoms with Gasteiger partial charge < -0.3 is 9.47 Å². The normalized spacial score (nSPS) is 10.1. The van der Waals surface area contributed by atoms with Crippen LogP contribution in [0.1, 0.15) is 16.8 Å². The van der Waals surface area contributed by atoms with E-state index in [0.29, 0.717) is 10.6 Å². The van der Waals surface area contributed by atoms with Gasteiger partial charge in [0.2, 0.25) is 0 Å². The van der Waals surface area contributed by atoms with Gasteiger partial charge in [0.05, 0.1) is 14.2 Å². The predicted molar refractivity (Wildman–Crippen MR) is 67.9 cm³/mol. The number of methoxy groups -OCH3 is 2. The van der Waals surface area contributed by atoms with Crippen LogP contribution in [-0.4, -0.2) is 31.9 Å². The van der Waals surface area contributed by atoms with Crippen molar-refractivity contribution in [2.45, 2.75) is 6.42 Å². The van der Waals surface area contributed by atoms with Crippen molar-refractivity contribution in [2.75, 3.05) is 14.2 Å². The van der Waals surface area contributed by atoms with Gasteiger partial charge in [0.1, 0.15) is 0 Å². The van der Waals surface area contributed by atoms with Gasteiger partial charge in [-0.25, -0.2) is 0 Å². The zero-order valence-corrected chi connectivity index (χ0v) is 11.3. The van der Waals surface area contributed by atoms with Crippen molar-refractivity contribution >= 4 is 29.3 Å². The summed E-state index contributed by atoms with van der Waals surface area (Å²) in [6.07, 6.45) is -0.305. The lowest BCUT2D eigenvalue weighted by molar-refractivity contribution is -0.158. The highest BCUT2D eigenvalue weighted by Gasteiger charge is 2.31. The van der Waals surface area contributed by atoms with Crippen LogP contribution in [0, 0.1) is 5.92 Å². The largest absolute Gasteiger partial charge is 0.468 e. The second-order valence-electron chi connectivity index (χ2n) is 3.73. The SMILES string of the molecule is COC(=O)C(CC(=O)c1ccc(Cl)cc1)C(=O)OC. The monoisotopic (exact) mass is 284 g/mol. The van der Waals surface area contributed by atoms with E-state index in [2.05, 4.69) is 9.47 Å². The molecule has 0 radical (unpaired) electrons. The van der Waals surface area contributed by atoms with E-state index in [-0.39, 0.29) is 12.2 Å². The van der Waals surface area contributed by atoms with E-state index in [9.17, 15) is 14.4 Å². The van der Waals surface area contributed by atoms with Gasteiger partial charge in [0.15, 0.2) is 11.7 Å². The lowest BCUT2D eigenvalue weighted by Gasteiger charge is -2.11. The Morgan fingerprint density at radius 3 is 1.95 bits per heavy atom. The first kappa shape index (κ1) is 15.2. The number of hydrogen-bond acceptors (Lipinski definition) is 5. The average Bonchev–Trinajstić information content (AvgIpc) is 2.43. The van der Waals surface area contributed by atoms with Crippen LogP contribution in [0.4, 0.5) is 0 Å². The quantitative estimate of drug-likeness (QED) is 0.469. The average molecular weight is 285 g/mol. The molecule has 0 unspecified atom stereocenters. The first-order chi connectivity index (χ1) is 8.99. The van der Waals surface area contributed by atoms with E-state index in [1.807, 2.05) is 0 Å². The van der Waals surface area contributed by atoms with E-state index in [1.54, 1.807) is 12.1 Å². The molecule has 0 amide bonds. The number of carbonyl (C=O) groups excluding carboxylic acids is 3. The van der Waals surface area contributed by atoms with E-state index < -0.39 is 17.9 Å². The summed E-state index contributed by atoms with van der Waals surface area (Å²) >= 11 is 5.71. The number of esters is 2. The number of halogens is 1. The number of rotatable bonds is 5. The summed E-state index contributed by atoms with van der Waals surface area (Å²) in [7, 11) is 2.29. The molecule has 102 valence electrons. The van der Waals surface area contributed by atoms with Crippen molar-refractivity contribution < 1.29 is 23.9 Å². The molecule has 1 aromatic carbocycles. The highest BCUT2D eigenvalue weighted by Crippen LogP contribution is 2.15. The van der Waals surface area contributed by atoms with E-state index in [4.69, 9.17) is 11.6 Å². The molecule has 0 aliphatic carbocycles. The van der Waals surface area contributed by atoms with Crippen LogP contribution in [0.15, 0.2) is 24.3 Å². The number of ether oxygens (including phenoxy) is 2. The maximum Gasteiger partial charge on any atom is 0.320 e. The molecule has 0 bridgehead atoms. The maximum atomic E-state index is 11.9. The van der Waals surface area contributed by atoms with Gasteiger partial charge in [-0.1, -0.05) is 11.6 Å². The summed E-state index contributed by atoms with van der Waals surface area (Å²) < 4.78 is 8.96. The summed E-state index contributed by atoms with van der Waals surface area (Å²) in [5.74, 6) is -3.21. The Bertz CT molecular complexity index is 464. The fraction of sp³-hybridized carbons (Fsp3) is 0.308. The minimum absolute atomic E-state index is 0.305. The molecule has 0 saturated carbocycles. The highest BCUT2D eigenvalue weighted by molar-refractivity contribution is 6.30. The Morgan fingerprint density at radius 2 is 1.53 bits per heavy atom. The molecule has 0 aliphatic rings. The van der Waals surface area contributed by atoms with Crippen LogP contribution in [0.3, 0.4) is 0 Å². The number of hydrogen-bond donors (Lipinski definition) is 0. The maximum absolute atomic E-state index is 11.9. The zero-order chi connectivity index (χ0) is 14.4. The minimum Gasteiger partial charge on any atom is -0.468 e. The first-order valence-electron chi connectivity index (χ1n) is 5.44. The van der Waals surface area contributed by atoms with Gasteiger partial charge in [-0.15, -0.1) is 0 Å². The Morgan fingerprint density at radius 1 is 1.05 bits per heavy atom. The number of Topliss-reactive ketones (excluding diaryl/α,β-unsaturated/α-hetero) is 1. The highest BCUT2D eigenvalue weighted by atomic mass is 35.5. The zero-order valence-electron chi connectivity index (χ0n) is 10.5.